The standard InChI is InChI=1S/C11H13NO2S/c1-8(2)11-5-4-10(15(3,13)14)6-9(11)7-12/h4-6,8H,1-3H3. The first kappa shape index (κ1) is 11.7. The maximum atomic E-state index is 11.3. The second-order valence-corrected chi connectivity index (χ2v) is 5.80. The van der Waals surface area contributed by atoms with Crippen LogP contribution in [0.5, 0.6) is 0 Å². The number of rotatable bonds is 2. The van der Waals surface area contributed by atoms with E-state index < -0.39 is 9.84 Å². The average Bonchev–Trinajstić information content (AvgIpc) is 2.15. The molecule has 1 rings (SSSR count). The van der Waals surface area contributed by atoms with Crippen LogP contribution in [0.2, 0.25) is 0 Å². The lowest BCUT2D eigenvalue weighted by Crippen LogP contribution is -2.00. The largest absolute Gasteiger partial charge is 0.224 e. The van der Waals surface area contributed by atoms with Crippen molar-refractivity contribution < 1.29 is 8.42 Å². The minimum absolute atomic E-state index is 0.198. The molecule has 80 valence electrons. The second kappa shape index (κ2) is 4.03. The lowest BCUT2D eigenvalue weighted by atomic mass is 9.98. The predicted molar refractivity (Wildman–Crippen MR) is 58.4 cm³/mol. The zero-order valence-electron chi connectivity index (χ0n) is 8.98. The normalized spacial score (nSPS) is 11.4. The van der Waals surface area contributed by atoms with E-state index in [9.17, 15) is 8.42 Å². The summed E-state index contributed by atoms with van der Waals surface area (Å²) in [5.41, 5.74) is 1.32. The first-order valence-corrected chi connectivity index (χ1v) is 6.49. The summed E-state index contributed by atoms with van der Waals surface area (Å²) >= 11 is 0. The molecule has 3 nitrogen and oxygen atoms in total. The monoisotopic (exact) mass is 223 g/mol. The Morgan fingerprint density at radius 1 is 1.33 bits per heavy atom. The molecule has 0 N–H and O–H groups in total. The summed E-state index contributed by atoms with van der Waals surface area (Å²) in [6.45, 7) is 3.94. The van der Waals surface area contributed by atoms with Crippen molar-refractivity contribution in [2.24, 2.45) is 0 Å². The van der Waals surface area contributed by atoms with E-state index in [1.54, 1.807) is 12.1 Å². The van der Waals surface area contributed by atoms with E-state index in [1.807, 2.05) is 19.9 Å². The quantitative estimate of drug-likeness (QED) is 0.771. The fourth-order valence-electron chi connectivity index (χ4n) is 1.37. The summed E-state index contributed by atoms with van der Waals surface area (Å²) in [5.74, 6) is 0.216. The van der Waals surface area contributed by atoms with Gasteiger partial charge in [-0.3, -0.25) is 0 Å². The number of hydrogen-bond acceptors (Lipinski definition) is 3. The van der Waals surface area contributed by atoms with Crippen molar-refractivity contribution in [2.45, 2.75) is 24.7 Å². The van der Waals surface area contributed by atoms with Crippen LogP contribution in [-0.2, 0) is 9.84 Å². The molecular weight excluding hydrogens is 210 g/mol. The molecule has 0 aromatic heterocycles. The smallest absolute Gasteiger partial charge is 0.175 e. The molecule has 0 bridgehead atoms. The zero-order chi connectivity index (χ0) is 11.6. The van der Waals surface area contributed by atoms with Gasteiger partial charge in [0.25, 0.3) is 0 Å². The fraction of sp³-hybridized carbons (Fsp3) is 0.364. The van der Waals surface area contributed by atoms with E-state index in [4.69, 9.17) is 5.26 Å². The fourth-order valence-corrected chi connectivity index (χ4v) is 2.01. The van der Waals surface area contributed by atoms with Crippen molar-refractivity contribution >= 4 is 9.84 Å². The molecular formula is C11H13NO2S. The van der Waals surface area contributed by atoms with Crippen LogP contribution >= 0.6 is 0 Å². The van der Waals surface area contributed by atoms with Gasteiger partial charge in [0.05, 0.1) is 16.5 Å². The molecule has 15 heavy (non-hydrogen) atoms. The van der Waals surface area contributed by atoms with Gasteiger partial charge in [0.15, 0.2) is 9.84 Å². The van der Waals surface area contributed by atoms with Gasteiger partial charge in [0, 0.05) is 6.26 Å². The third-order valence-corrected chi connectivity index (χ3v) is 3.31. The molecule has 0 aliphatic rings. The lowest BCUT2D eigenvalue weighted by Gasteiger charge is -2.08. The lowest BCUT2D eigenvalue weighted by molar-refractivity contribution is 0.601. The highest BCUT2D eigenvalue weighted by atomic mass is 32.2. The minimum Gasteiger partial charge on any atom is -0.224 e. The van der Waals surface area contributed by atoms with Crippen LogP contribution < -0.4 is 0 Å². The summed E-state index contributed by atoms with van der Waals surface area (Å²) in [4.78, 5) is 0.198. The zero-order valence-corrected chi connectivity index (χ0v) is 9.80. The molecule has 4 heteroatoms. The molecule has 0 unspecified atom stereocenters. The predicted octanol–water partition coefficient (Wildman–Crippen LogP) is 2.09. The third kappa shape index (κ3) is 2.57. The maximum Gasteiger partial charge on any atom is 0.175 e. The molecule has 1 aromatic rings. The number of nitriles is 1. The topological polar surface area (TPSA) is 57.9 Å². The summed E-state index contributed by atoms with van der Waals surface area (Å²) in [6.07, 6.45) is 1.14. The van der Waals surface area contributed by atoms with Crippen LogP contribution in [-0.4, -0.2) is 14.7 Å². The molecule has 0 aliphatic heterocycles. The van der Waals surface area contributed by atoms with Crippen molar-refractivity contribution in [3.63, 3.8) is 0 Å². The minimum atomic E-state index is -3.23. The number of benzene rings is 1. The van der Waals surface area contributed by atoms with Crippen LogP contribution in [0.25, 0.3) is 0 Å². The molecule has 0 fully saturated rings. The Labute approximate surface area is 90.3 Å². The highest BCUT2D eigenvalue weighted by molar-refractivity contribution is 7.90. The Kier molecular flexibility index (Phi) is 3.15. The molecule has 0 atom stereocenters. The van der Waals surface area contributed by atoms with E-state index in [2.05, 4.69) is 0 Å². The van der Waals surface area contributed by atoms with Crippen LogP contribution in [0.1, 0.15) is 30.9 Å². The van der Waals surface area contributed by atoms with Crippen LogP contribution in [0, 0.1) is 11.3 Å². The molecule has 0 saturated carbocycles. The maximum absolute atomic E-state index is 11.3. The van der Waals surface area contributed by atoms with Crippen molar-refractivity contribution in [1.82, 2.24) is 0 Å². The van der Waals surface area contributed by atoms with E-state index in [-0.39, 0.29) is 10.8 Å². The first-order valence-electron chi connectivity index (χ1n) is 4.60. The van der Waals surface area contributed by atoms with Gasteiger partial charge in [-0.2, -0.15) is 5.26 Å². The van der Waals surface area contributed by atoms with E-state index >= 15 is 0 Å². The second-order valence-electron chi connectivity index (χ2n) is 3.79. The Morgan fingerprint density at radius 2 is 1.93 bits per heavy atom. The number of sulfone groups is 1. The summed E-state index contributed by atoms with van der Waals surface area (Å²) in [5, 5.41) is 8.91. The van der Waals surface area contributed by atoms with Gasteiger partial charge in [-0.1, -0.05) is 19.9 Å². The SMILES string of the molecule is CC(C)c1ccc(S(C)(=O)=O)cc1C#N. The Bertz CT molecular complexity index is 510. The highest BCUT2D eigenvalue weighted by Gasteiger charge is 2.12. The number of nitrogens with zero attached hydrogens (tertiary/aromatic N) is 1. The molecule has 1 aromatic carbocycles. The molecule has 0 heterocycles. The van der Waals surface area contributed by atoms with E-state index in [0.29, 0.717) is 5.56 Å². The van der Waals surface area contributed by atoms with Gasteiger partial charge in [-0.05, 0) is 23.6 Å². The van der Waals surface area contributed by atoms with Crippen LogP contribution in [0.3, 0.4) is 0 Å². The van der Waals surface area contributed by atoms with Gasteiger partial charge in [-0.25, -0.2) is 8.42 Å². The van der Waals surface area contributed by atoms with Crippen molar-refractivity contribution in [3.8, 4) is 6.07 Å². The van der Waals surface area contributed by atoms with Gasteiger partial charge in [-0.15, -0.1) is 0 Å². The molecule has 0 radical (unpaired) electrons. The highest BCUT2D eigenvalue weighted by Crippen LogP contribution is 2.22. The van der Waals surface area contributed by atoms with Crippen molar-refractivity contribution in [3.05, 3.63) is 29.3 Å². The van der Waals surface area contributed by atoms with Crippen molar-refractivity contribution in [1.29, 1.82) is 5.26 Å². The summed E-state index contributed by atoms with van der Waals surface area (Å²) in [7, 11) is -3.23. The van der Waals surface area contributed by atoms with Gasteiger partial charge >= 0.3 is 0 Å². The molecule has 0 amide bonds. The van der Waals surface area contributed by atoms with Gasteiger partial charge < -0.3 is 0 Å². The third-order valence-electron chi connectivity index (χ3n) is 2.20. The Hall–Kier alpha value is -1.34. The molecule has 0 saturated heterocycles. The first-order chi connectivity index (χ1) is 6.86. The molecule has 0 aliphatic carbocycles. The van der Waals surface area contributed by atoms with E-state index in [1.165, 1.54) is 6.07 Å². The summed E-state index contributed by atoms with van der Waals surface area (Å²) in [6, 6.07) is 6.72. The van der Waals surface area contributed by atoms with Crippen LogP contribution in [0.15, 0.2) is 23.1 Å². The Balaban J connectivity index is 3.40. The van der Waals surface area contributed by atoms with E-state index in [0.717, 1.165) is 11.8 Å². The number of hydrogen-bond donors (Lipinski definition) is 0. The average molecular weight is 223 g/mol. The van der Waals surface area contributed by atoms with Crippen molar-refractivity contribution in [2.75, 3.05) is 6.26 Å². The molecule has 0 spiro atoms. The van der Waals surface area contributed by atoms with Gasteiger partial charge in [0.1, 0.15) is 0 Å². The summed E-state index contributed by atoms with van der Waals surface area (Å²) < 4.78 is 22.5. The van der Waals surface area contributed by atoms with Gasteiger partial charge in [0.2, 0.25) is 0 Å². The van der Waals surface area contributed by atoms with Crippen LogP contribution in [0.4, 0.5) is 0 Å². The Morgan fingerprint density at radius 3 is 2.33 bits per heavy atom.